The monoisotopic (exact) mass is 602 g/mol. The average molecular weight is 603 g/mol. The van der Waals surface area contributed by atoms with Crippen LogP contribution in [-0.4, -0.2) is 11.4 Å². The lowest BCUT2D eigenvalue weighted by atomic mass is 10.2. The van der Waals surface area contributed by atoms with Gasteiger partial charge in [-0.3, -0.25) is 4.79 Å². The van der Waals surface area contributed by atoms with Gasteiger partial charge in [0, 0.05) is 5.56 Å². The molecule has 0 spiro atoms. The topological polar surface area (TPSA) is 55.8 Å². The molecule has 0 fully saturated rings. The molecule has 12 heteroatoms. The fraction of sp³-hybridized carbons (Fsp3) is 0.107. The zero-order valence-electron chi connectivity index (χ0n) is 20.1. The Morgan fingerprint density at radius 2 is 1.00 bits per heavy atom. The highest BCUT2D eigenvalue weighted by Gasteiger charge is 2.34. The van der Waals surface area contributed by atoms with E-state index in [0.717, 1.165) is 24.3 Å². The molecule has 0 bridgehead atoms. The number of rotatable bonds is 6. The van der Waals surface area contributed by atoms with E-state index >= 15 is 0 Å². The summed E-state index contributed by atoms with van der Waals surface area (Å²) >= 11 is 11.0. The third-order valence-electron chi connectivity index (χ3n) is 5.08. The largest absolute Gasteiger partial charge is 0.457 e. The Morgan fingerprint density at radius 3 is 1.35 bits per heavy atom. The minimum atomic E-state index is -4.54. The molecule has 0 unspecified atom stereocenters. The number of aliphatic hydroxyl groups excluding tert-OH is 1. The number of carbonyl (C=O) groups excluding carboxylic acids is 1. The number of halogens is 8. The molecule has 0 saturated heterocycles. The quantitative estimate of drug-likeness (QED) is 0.176. The Bertz CT molecular complexity index is 1440. The summed E-state index contributed by atoms with van der Waals surface area (Å²) in [7, 11) is 0. The summed E-state index contributed by atoms with van der Waals surface area (Å²) in [5.41, 5.74) is -0.765. The van der Waals surface area contributed by atoms with Crippen LogP contribution < -0.4 is 9.47 Å². The van der Waals surface area contributed by atoms with Gasteiger partial charge in [-0.1, -0.05) is 35.3 Å². The lowest BCUT2D eigenvalue weighted by molar-refractivity contribution is -0.138. The number of aldehydes is 1. The molecule has 40 heavy (non-hydrogen) atoms. The molecule has 0 atom stereocenters. The van der Waals surface area contributed by atoms with Crippen LogP contribution in [0.3, 0.4) is 0 Å². The highest BCUT2D eigenvalue weighted by Crippen LogP contribution is 2.39. The van der Waals surface area contributed by atoms with E-state index < -0.39 is 23.5 Å². The van der Waals surface area contributed by atoms with Crippen LogP contribution in [0, 0.1) is 0 Å². The normalized spacial score (nSPS) is 11.3. The molecule has 0 saturated carbocycles. The number of aliphatic hydroxyl groups is 1. The van der Waals surface area contributed by atoms with Crippen LogP contribution in [0.1, 0.15) is 27.0 Å². The number of hydrogen-bond donors (Lipinski definition) is 1. The van der Waals surface area contributed by atoms with Crippen LogP contribution in [-0.2, 0) is 19.0 Å². The van der Waals surface area contributed by atoms with E-state index in [4.69, 9.17) is 37.8 Å². The minimum absolute atomic E-state index is 0.0144. The van der Waals surface area contributed by atoms with Gasteiger partial charge in [0.2, 0.25) is 0 Å². The van der Waals surface area contributed by atoms with Gasteiger partial charge in [-0.15, -0.1) is 0 Å². The van der Waals surface area contributed by atoms with Crippen molar-refractivity contribution in [2.75, 3.05) is 0 Å². The zero-order chi connectivity index (χ0) is 29.5. The lowest BCUT2D eigenvalue weighted by Crippen LogP contribution is -2.05. The van der Waals surface area contributed by atoms with Gasteiger partial charge in [0.15, 0.2) is 0 Å². The molecule has 210 valence electrons. The summed E-state index contributed by atoms with van der Waals surface area (Å²) in [6.45, 7) is -0.112. The summed E-state index contributed by atoms with van der Waals surface area (Å²) in [6, 6.07) is 19.0. The maximum absolute atomic E-state index is 12.7. The van der Waals surface area contributed by atoms with E-state index in [2.05, 4.69) is 0 Å². The maximum atomic E-state index is 12.7. The van der Waals surface area contributed by atoms with Crippen LogP contribution in [0.2, 0.25) is 10.0 Å². The summed E-state index contributed by atoms with van der Waals surface area (Å²) < 4.78 is 86.8. The molecule has 0 amide bonds. The van der Waals surface area contributed by atoms with Crippen LogP contribution in [0.4, 0.5) is 26.3 Å². The first-order valence-electron chi connectivity index (χ1n) is 11.1. The summed E-state index contributed by atoms with van der Waals surface area (Å²) in [5.74, 6) is 0.753. The molecule has 1 N–H and O–H groups in total. The van der Waals surface area contributed by atoms with Gasteiger partial charge in [0.25, 0.3) is 0 Å². The first kappa shape index (κ1) is 30.8. The van der Waals surface area contributed by atoms with Crippen LogP contribution in [0.15, 0.2) is 84.9 Å². The predicted octanol–water partition coefficient (Wildman–Crippen LogP) is 9.61. The SMILES string of the molecule is O=Cc1ccc(Oc2ccc(Cl)c(C(F)(F)F)c2)cc1.OCc1ccc(Oc2ccc(Cl)c(C(F)(F)F)c2)cc1. The smallest absolute Gasteiger partial charge is 0.417 e. The number of hydrogen-bond acceptors (Lipinski definition) is 4. The summed E-state index contributed by atoms with van der Waals surface area (Å²) in [6.07, 6.45) is -8.41. The van der Waals surface area contributed by atoms with Gasteiger partial charge in [0.05, 0.1) is 27.8 Å². The van der Waals surface area contributed by atoms with E-state index in [1.807, 2.05) is 0 Å². The third kappa shape index (κ3) is 8.64. The van der Waals surface area contributed by atoms with Gasteiger partial charge < -0.3 is 14.6 Å². The number of alkyl halides is 6. The van der Waals surface area contributed by atoms with E-state index in [1.165, 1.54) is 36.4 Å². The second-order valence-corrected chi connectivity index (χ2v) is 8.79. The third-order valence-corrected chi connectivity index (χ3v) is 5.74. The van der Waals surface area contributed by atoms with Gasteiger partial charge in [-0.25, -0.2) is 0 Å². The Balaban J connectivity index is 0.000000220. The van der Waals surface area contributed by atoms with Crippen LogP contribution in [0.5, 0.6) is 23.0 Å². The highest BCUT2D eigenvalue weighted by molar-refractivity contribution is 6.31. The first-order valence-corrected chi connectivity index (χ1v) is 11.9. The van der Waals surface area contributed by atoms with Crippen molar-refractivity contribution in [2.24, 2.45) is 0 Å². The van der Waals surface area contributed by atoms with E-state index in [0.29, 0.717) is 28.9 Å². The second-order valence-electron chi connectivity index (χ2n) is 7.97. The van der Waals surface area contributed by atoms with Crippen molar-refractivity contribution < 1.29 is 45.7 Å². The van der Waals surface area contributed by atoms with Crippen LogP contribution >= 0.6 is 23.2 Å². The molecule has 4 aromatic carbocycles. The Morgan fingerprint density at radius 1 is 0.625 bits per heavy atom. The zero-order valence-corrected chi connectivity index (χ0v) is 21.6. The molecule has 0 radical (unpaired) electrons. The van der Waals surface area contributed by atoms with E-state index in [-0.39, 0.29) is 28.2 Å². The van der Waals surface area contributed by atoms with Crippen molar-refractivity contribution >= 4 is 29.5 Å². The first-order chi connectivity index (χ1) is 18.8. The van der Waals surface area contributed by atoms with Gasteiger partial charge in [0.1, 0.15) is 29.3 Å². The molecule has 0 aliphatic rings. The van der Waals surface area contributed by atoms with Crippen molar-refractivity contribution in [2.45, 2.75) is 19.0 Å². The predicted molar refractivity (Wildman–Crippen MR) is 137 cm³/mol. The summed E-state index contributed by atoms with van der Waals surface area (Å²) in [4.78, 5) is 10.5. The Hall–Kier alpha value is -3.73. The fourth-order valence-corrected chi connectivity index (χ4v) is 3.57. The Kier molecular flexibility index (Phi) is 10.1. The lowest BCUT2D eigenvalue weighted by Gasteiger charge is -2.12. The van der Waals surface area contributed by atoms with Crippen molar-refractivity contribution in [3.63, 3.8) is 0 Å². The highest BCUT2D eigenvalue weighted by atomic mass is 35.5. The Labute approximate surface area is 234 Å². The van der Waals surface area contributed by atoms with Gasteiger partial charge in [-0.05, 0) is 78.4 Å². The molecule has 0 aliphatic carbocycles. The van der Waals surface area contributed by atoms with Crippen molar-refractivity contribution in [3.05, 3.63) is 117 Å². The molecular weight excluding hydrogens is 585 g/mol. The second kappa shape index (κ2) is 13.1. The number of benzene rings is 4. The molecule has 0 aliphatic heterocycles. The molecular formula is C28H18Cl2F6O4. The molecule has 4 rings (SSSR count). The van der Waals surface area contributed by atoms with Crippen molar-refractivity contribution in [1.82, 2.24) is 0 Å². The molecule has 4 nitrogen and oxygen atoms in total. The number of ether oxygens (including phenoxy) is 2. The van der Waals surface area contributed by atoms with E-state index in [9.17, 15) is 31.1 Å². The van der Waals surface area contributed by atoms with Gasteiger partial charge in [-0.2, -0.15) is 26.3 Å². The van der Waals surface area contributed by atoms with Crippen molar-refractivity contribution in [3.8, 4) is 23.0 Å². The maximum Gasteiger partial charge on any atom is 0.417 e. The molecule has 0 aromatic heterocycles. The van der Waals surface area contributed by atoms with Crippen molar-refractivity contribution in [1.29, 1.82) is 0 Å². The average Bonchev–Trinajstić information content (AvgIpc) is 2.91. The minimum Gasteiger partial charge on any atom is -0.457 e. The fourth-order valence-electron chi connectivity index (χ4n) is 3.12. The van der Waals surface area contributed by atoms with Gasteiger partial charge >= 0.3 is 12.4 Å². The molecule has 0 heterocycles. The van der Waals surface area contributed by atoms with Crippen LogP contribution in [0.25, 0.3) is 0 Å². The number of carbonyl (C=O) groups is 1. The van der Waals surface area contributed by atoms with E-state index in [1.54, 1.807) is 24.3 Å². The molecule has 4 aromatic rings. The summed E-state index contributed by atoms with van der Waals surface area (Å²) in [5, 5.41) is 8.13. The standard InChI is InChI=1S/C14H10ClF3O2.C14H8ClF3O2/c2*15-13-6-5-11(7-12(13)14(16,17)18)20-10-3-1-9(8-19)2-4-10/h1-7,19H,8H2;1-8H.